The molecule has 0 aliphatic carbocycles. The molecule has 2 rings (SSSR count). The first-order valence-corrected chi connectivity index (χ1v) is 7.12. The Bertz CT molecular complexity index is 595. The minimum absolute atomic E-state index is 0.0900. The van der Waals surface area contributed by atoms with Crippen LogP contribution in [0, 0.1) is 12.7 Å². The molecule has 0 spiro atoms. The maximum Gasteiger partial charge on any atom is 0.127 e. The van der Waals surface area contributed by atoms with Gasteiger partial charge in [0.05, 0.1) is 16.4 Å². The van der Waals surface area contributed by atoms with Crippen LogP contribution in [0.2, 0.25) is 5.02 Å². The lowest BCUT2D eigenvalue weighted by Gasteiger charge is -2.15. The standard InChI is InChI=1S/C15H19ClFN3/c1-4-20-14(15(16)11(3)19-20)9-18-10(2)12-7-5-6-8-13(12)17/h5-8,10,18H,4,9H2,1-3H3. The lowest BCUT2D eigenvalue weighted by Crippen LogP contribution is -2.21. The second kappa shape index (κ2) is 6.37. The molecule has 5 heteroatoms. The molecule has 1 aromatic carbocycles. The van der Waals surface area contributed by atoms with E-state index in [4.69, 9.17) is 11.6 Å². The Hall–Kier alpha value is -1.39. The molecule has 3 nitrogen and oxygen atoms in total. The zero-order chi connectivity index (χ0) is 14.7. The molecule has 1 unspecified atom stereocenters. The highest BCUT2D eigenvalue weighted by molar-refractivity contribution is 6.31. The number of halogens is 2. The van der Waals surface area contributed by atoms with Crippen LogP contribution in [-0.4, -0.2) is 9.78 Å². The number of hydrogen-bond donors (Lipinski definition) is 1. The topological polar surface area (TPSA) is 29.9 Å². The van der Waals surface area contributed by atoms with E-state index in [1.165, 1.54) is 6.07 Å². The van der Waals surface area contributed by atoms with Gasteiger partial charge in [0.1, 0.15) is 5.82 Å². The second-order valence-corrected chi connectivity index (χ2v) is 5.16. The zero-order valence-corrected chi connectivity index (χ0v) is 12.7. The third-order valence-electron chi connectivity index (χ3n) is 3.40. The minimum Gasteiger partial charge on any atom is -0.304 e. The summed E-state index contributed by atoms with van der Waals surface area (Å²) in [6.45, 7) is 7.17. The third kappa shape index (κ3) is 3.02. The van der Waals surface area contributed by atoms with Gasteiger partial charge in [0.25, 0.3) is 0 Å². The number of nitrogens with zero attached hydrogens (tertiary/aromatic N) is 2. The van der Waals surface area contributed by atoms with Crippen LogP contribution in [0.1, 0.15) is 36.8 Å². The summed E-state index contributed by atoms with van der Waals surface area (Å²) < 4.78 is 15.6. The molecule has 0 bridgehead atoms. The summed E-state index contributed by atoms with van der Waals surface area (Å²) in [5.41, 5.74) is 2.42. The predicted octanol–water partition coefficient (Wildman–Crippen LogP) is 3.85. The average molecular weight is 296 g/mol. The average Bonchev–Trinajstić information content (AvgIpc) is 2.72. The lowest BCUT2D eigenvalue weighted by molar-refractivity contribution is 0.506. The van der Waals surface area contributed by atoms with Crippen LogP contribution >= 0.6 is 11.6 Å². The van der Waals surface area contributed by atoms with Gasteiger partial charge >= 0.3 is 0 Å². The van der Waals surface area contributed by atoms with Crippen molar-refractivity contribution in [3.63, 3.8) is 0 Å². The van der Waals surface area contributed by atoms with Crippen molar-refractivity contribution in [1.82, 2.24) is 15.1 Å². The number of rotatable bonds is 5. The largest absolute Gasteiger partial charge is 0.304 e. The number of aryl methyl sites for hydroxylation is 2. The molecule has 0 fully saturated rings. The number of hydrogen-bond acceptors (Lipinski definition) is 2. The third-order valence-corrected chi connectivity index (χ3v) is 3.89. The molecule has 0 radical (unpaired) electrons. The second-order valence-electron chi connectivity index (χ2n) is 4.79. The van der Waals surface area contributed by atoms with E-state index < -0.39 is 0 Å². The molecule has 0 saturated carbocycles. The van der Waals surface area contributed by atoms with Crippen LogP contribution in [0.25, 0.3) is 0 Å². The lowest BCUT2D eigenvalue weighted by atomic mass is 10.1. The van der Waals surface area contributed by atoms with E-state index in [0.29, 0.717) is 17.1 Å². The van der Waals surface area contributed by atoms with Gasteiger partial charge in [-0.3, -0.25) is 4.68 Å². The van der Waals surface area contributed by atoms with E-state index in [0.717, 1.165) is 17.9 Å². The van der Waals surface area contributed by atoms with Crippen molar-refractivity contribution >= 4 is 11.6 Å². The Morgan fingerprint density at radius 1 is 1.40 bits per heavy atom. The van der Waals surface area contributed by atoms with Crippen LogP contribution in [-0.2, 0) is 13.1 Å². The van der Waals surface area contributed by atoms with Gasteiger partial charge in [0.15, 0.2) is 0 Å². The minimum atomic E-state index is -0.196. The van der Waals surface area contributed by atoms with E-state index in [2.05, 4.69) is 10.4 Å². The molecule has 0 saturated heterocycles. The van der Waals surface area contributed by atoms with Crippen molar-refractivity contribution in [2.45, 2.75) is 39.9 Å². The van der Waals surface area contributed by atoms with Gasteiger partial charge in [-0.2, -0.15) is 5.10 Å². The maximum atomic E-state index is 13.7. The monoisotopic (exact) mass is 295 g/mol. The summed E-state index contributed by atoms with van der Waals surface area (Å²) in [5.74, 6) is -0.196. The van der Waals surface area contributed by atoms with Crippen molar-refractivity contribution in [3.8, 4) is 0 Å². The van der Waals surface area contributed by atoms with Gasteiger partial charge in [0.2, 0.25) is 0 Å². The van der Waals surface area contributed by atoms with Crippen molar-refractivity contribution in [2.75, 3.05) is 0 Å². The van der Waals surface area contributed by atoms with Gasteiger partial charge in [0, 0.05) is 24.7 Å². The molecule has 0 amide bonds. The fourth-order valence-electron chi connectivity index (χ4n) is 2.22. The van der Waals surface area contributed by atoms with Gasteiger partial charge in [-0.05, 0) is 26.8 Å². The first-order chi connectivity index (χ1) is 9.54. The van der Waals surface area contributed by atoms with E-state index in [9.17, 15) is 4.39 Å². The van der Waals surface area contributed by atoms with Crippen molar-refractivity contribution in [3.05, 3.63) is 52.1 Å². The molecule has 20 heavy (non-hydrogen) atoms. The van der Waals surface area contributed by atoms with E-state index in [1.54, 1.807) is 12.1 Å². The maximum absolute atomic E-state index is 13.7. The molecule has 1 N–H and O–H groups in total. The highest BCUT2D eigenvalue weighted by atomic mass is 35.5. The molecular weight excluding hydrogens is 277 g/mol. The van der Waals surface area contributed by atoms with E-state index in [-0.39, 0.29) is 11.9 Å². The van der Waals surface area contributed by atoms with E-state index >= 15 is 0 Å². The molecule has 0 aliphatic heterocycles. The van der Waals surface area contributed by atoms with Crippen LogP contribution in [0.15, 0.2) is 24.3 Å². The molecule has 2 aromatic rings. The zero-order valence-electron chi connectivity index (χ0n) is 12.0. The predicted molar refractivity (Wildman–Crippen MR) is 79.3 cm³/mol. The Balaban J connectivity index is 2.11. The van der Waals surface area contributed by atoms with Crippen LogP contribution in [0.4, 0.5) is 4.39 Å². The molecule has 1 aromatic heterocycles. The summed E-state index contributed by atoms with van der Waals surface area (Å²) in [7, 11) is 0. The van der Waals surface area contributed by atoms with Crippen molar-refractivity contribution in [2.24, 2.45) is 0 Å². The molecule has 1 heterocycles. The van der Waals surface area contributed by atoms with E-state index in [1.807, 2.05) is 31.5 Å². The Kier molecular flexibility index (Phi) is 4.78. The molecular formula is C15H19ClFN3. The first-order valence-electron chi connectivity index (χ1n) is 6.74. The number of benzene rings is 1. The van der Waals surface area contributed by atoms with Crippen molar-refractivity contribution in [1.29, 1.82) is 0 Å². The summed E-state index contributed by atoms with van der Waals surface area (Å²) in [6.07, 6.45) is 0. The smallest absolute Gasteiger partial charge is 0.127 e. The summed E-state index contributed by atoms with van der Waals surface area (Å²) in [5, 5.41) is 8.35. The van der Waals surface area contributed by atoms with Crippen LogP contribution in [0.5, 0.6) is 0 Å². The fourth-order valence-corrected chi connectivity index (χ4v) is 2.43. The first kappa shape index (κ1) is 15.0. The quantitative estimate of drug-likeness (QED) is 0.908. The Labute approximate surface area is 123 Å². The fraction of sp³-hybridized carbons (Fsp3) is 0.400. The number of nitrogens with one attached hydrogen (secondary N) is 1. The number of aromatic nitrogens is 2. The van der Waals surface area contributed by atoms with Gasteiger partial charge in [-0.15, -0.1) is 0 Å². The Morgan fingerprint density at radius 2 is 2.10 bits per heavy atom. The highest BCUT2D eigenvalue weighted by Crippen LogP contribution is 2.22. The molecule has 1 atom stereocenters. The molecule has 0 aliphatic rings. The van der Waals surface area contributed by atoms with Gasteiger partial charge in [-0.1, -0.05) is 29.8 Å². The van der Waals surface area contributed by atoms with Crippen molar-refractivity contribution < 1.29 is 4.39 Å². The SMILES string of the molecule is CCn1nc(C)c(Cl)c1CNC(C)c1ccccc1F. The Morgan fingerprint density at radius 3 is 2.75 bits per heavy atom. The highest BCUT2D eigenvalue weighted by Gasteiger charge is 2.15. The summed E-state index contributed by atoms with van der Waals surface area (Å²) >= 11 is 6.26. The summed E-state index contributed by atoms with van der Waals surface area (Å²) in [4.78, 5) is 0. The van der Waals surface area contributed by atoms with Crippen LogP contribution in [0.3, 0.4) is 0 Å². The van der Waals surface area contributed by atoms with Gasteiger partial charge < -0.3 is 5.32 Å². The summed E-state index contributed by atoms with van der Waals surface area (Å²) in [6, 6.07) is 6.70. The van der Waals surface area contributed by atoms with Gasteiger partial charge in [-0.25, -0.2) is 4.39 Å². The van der Waals surface area contributed by atoms with Crippen LogP contribution < -0.4 is 5.32 Å². The molecule has 108 valence electrons. The normalized spacial score (nSPS) is 12.7.